The Morgan fingerprint density at radius 1 is 1.35 bits per heavy atom. The first kappa shape index (κ1) is 18.8. The molecule has 1 aromatic carbocycles. The van der Waals surface area contributed by atoms with Crippen molar-refractivity contribution in [2.45, 2.75) is 50.4 Å². The van der Waals surface area contributed by atoms with E-state index in [4.69, 9.17) is 0 Å². The average molecular weight is 373 g/mol. The van der Waals surface area contributed by atoms with E-state index in [0.29, 0.717) is 6.54 Å². The lowest BCUT2D eigenvalue weighted by Crippen LogP contribution is -2.43. The molecular weight excluding hydrogens is 344 g/mol. The number of hydrogen-bond donors (Lipinski definition) is 2. The normalized spacial score (nSPS) is 16.8. The number of benzene rings is 1. The van der Waals surface area contributed by atoms with E-state index >= 15 is 0 Å². The molecule has 1 aliphatic carbocycles. The number of hydrogen-bond acceptors (Lipinski definition) is 3. The van der Waals surface area contributed by atoms with Gasteiger partial charge in [-0.25, -0.2) is 4.79 Å². The highest BCUT2D eigenvalue weighted by Crippen LogP contribution is 2.30. The SMILES string of the molecule is CSC(C)(C)CNC(=O)NC1CCCc2c1cnn2Cc1ccccc1. The van der Waals surface area contributed by atoms with Crippen molar-refractivity contribution in [1.29, 1.82) is 0 Å². The van der Waals surface area contributed by atoms with Crippen molar-refractivity contribution in [3.8, 4) is 0 Å². The van der Waals surface area contributed by atoms with Crippen LogP contribution in [0, 0.1) is 0 Å². The lowest BCUT2D eigenvalue weighted by Gasteiger charge is -2.26. The summed E-state index contributed by atoms with van der Waals surface area (Å²) < 4.78 is 2.11. The Labute approximate surface area is 159 Å². The summed E-state index contributed by atoms with van der Waals surface area (Å²) in [6.07, 6.45) is 7.03. The molecule has 5 nitrogen and oxygen atoms in total. The van der Waals surface area contributed by atoms with E-state index in [-0.39, 0.29) is 16.8 Å². The topological polar surface area (TPSA) is 59.0 Å². The summed E-state index contributed by atoms with van der Waals surface area (Å²) in [6.45, 7) is 5.68. The first-order valence-corrected chi connectivity index (χ1v) is 10.4. The molecule has 0 radical (unpaired) electrons. The van der Waals surface area contributed by atoms with Gasteiger partial charge in [-0.2, -0.15) is 16.9 Å². The van der Waals surface area contributed by atoms with E-state index in [2.05, 4.69) is 64.8 Å². The summed E-state index contributed by atoms with van der Waals surface area (Å²) in [6, 6.07) is 10.3. The van der Waals surface area contributed by atoms with Gasteiger partial charge in [0.2, 0.25) is 0 Å². The lowest BCUT2D eigenvalue weighted by molar-refractivity contribution is 0.234. The molecule has 3 rings (SSSR count). The Balaban J connectivity index is 1.65. The van der Waals surface area contributed by atoms with E-state index in [1.807, 2.05) is 12.3 Å². The molecule has 0 aliphatic heterocycles. The molecule has 0 saturated heterocycles. The van der Waals surface area contributed by atoms with Gasteiger partial charge in [0, 0.05) is 22.5 Å². The van der Waals surface area contributed by atoms with E-state index in [9.17, 15) is 4.79 Å². The molecule has 1 heterocycles. The van der Waals surface area contributed by atoms with Crippen LogP contribution in [0.5, 0.6) is 0 Å². The van der Waals surface area contributed by atoms with Gasteiger partial charge in [-0.15, -0.1) is 0 Å². The fraction of sp³-hybridized carbons (Fsp3) is 0.500. The van der Waals surface area contributed by atoms with Gasteiger partial charge in [0.25, 0.3) is 0 Å². The second-order valence-electron chi connectivity index (χ2n) is 7.43. The molecule has 1 unspecified atom stereocenters. The van der Waals surface area contributed by atoms with Gasteiger partial charge in [-0.3, -0.25) is 4.68 Å². The van der Waals surface area contributed by atoms with Crippen molar-refractivity contribution < 1.29 is 4.79 Å². The third kappa shape index (κ3) is 4.61. The molecule has 0 saturated carbocycles. The van der Waals surface area contributed by atoms with E-state index in [0.717, 1.165) is 31.4 Å². The summed E-state index contributed by atoms with van der Waals surface area (Å²) in [5.41, 5.74) is 3.65. The third-order valence-electron chi connectivity index (χ3n) is 4.97. The van der Waals surface area contributed by atoms with Crippen molar-refractivity contribution in [2.24, 2.45) is 0 Å². The van der Waals surface area contributed by atoms with Crippen molar-refractivity contribution in [1.82, 2.24) is 20.4 Å². The van der Waals surface area contributed by atoms with Gasteiger partial charge in [0.15, 0.2) is 0 Å². The molecule has 140 valence electrons. The van der Waals surface area contributed by atoms with Crippen LogP contribution >= 0.6 is 11.8 Å². The largest absolute Gasteiger partial charge is 0.337 e. The molecule has 1 atom stereocenters. The van der Waals surface area contributed by atoms with Crippen molar-refractivity contribution in [3.05, 3.63) is 53.3 Å². The smallest absolute Gasteiger partial charge is 0.315 e. The highest BCUT2D eigenvalue weighted by atomic mass is 32.2. The number of aromatic nitrogens is 2. The van der Waals surface area contributed by atoms with Crippen LogP contribution in [0.1, 0.15) is 49.6 Å². The van der Waals surface area contributed by atoms with Crippen LogP contribution in [0.2, 0.25) is 0 Å². The molecule has 0 fully saturated rings. The first-order valence-electron chi connectivity index (χ1n) is 9.16. The lowest BCUT2D eigenvalue weighted by atomic mass is 9.93. The predicted octanol–water partition coefficient (Wildman–Crippen LogP) is 3.75. The average Bonchev–Trinajstić information content (AvgIpc) is 3.05. The first-order chi connectivity index (χ1) is 12.5. The second kappa shape index (κ2) is 8.16. The zero-order valence-electron chi connectivity index (χ0n) is 15.8. The number of nitrogens with zero attached hydrogens (tertiary/aromatic N) is 2. The summed E-state index contributed by atoms with van der Waals surface area (Å²) in [4.78, 5) is 12.3. The molecule has 0 bridgehead atoms. The number of rotatable bonds is 6. The predicted molar refractivity (Wildman–Crippen MR) is 108 cm³/mol. The van der Waals surface area contributed by atoms with Crippen LogP contribution in [0.3, 0.4) is 0 Å². The number of thioether (sulfide) groups is 1. The van der Waals surface area contributed by atoms with Crippen molar-refractivity contribution in [2.75, 3.05) is 12.8 Å². The quantitative estimate of drug-likeness (QED) is 0.812. The second-order valence-corrected chi connectivity index (χ2v) is 8.94. The van der Waals surface area contributed by atoms with Gasteiger partial charge in [-0.1, -0.05) is 30.3 Å². The molecule has 1 aliphatic rings. The van der Waals surface area contributed by atoms with Crippen LogP contribution in [0.15, 0.2) is 36.5 Å². The van der Waals surface area contributed by atoms with E-state index < -0.39 is 0 Å². The fourth-order valence-electron chi connectivity index (χ4n) is 3.24. The number of carbonyl (C=O) groups excluding carboxylic acids is 1. The van der Waals surface area contributed by atoms with Crippen LogP contribution in [-0.4, -0.2) is 33.4 Å². The Kier molecular flexibility index (Phi) is 5.91. The number of fused-ring (bicyclic) bond motifs is 1. The zero-order chi connectivity index (χ0) is 18.6. The maximum absolute atomic E-state index is 12.3. The van der Waals surface area contributed by atoms with Crippen LogP contribution in [0.25, 0.3) is 0 Å². The standard InChI is InChI=1S/C20H28N4OS/c1-20(2,26-3)14-21-19(25)23-17-10-7-11-18-16(17)12-22-24(18)13-15-8-5-4-6-9-15/h4-6,8-9,12,17H,7,10-11,13-14H2,1-3H3,(H2,21,23,25). The highest BCUT2D eigenvalue weighted by Gasteiger charge is 2.26. The van der Waals surface area contributed by atoms with Crippen LogP contribution in [-0.2, 0) is 13.0 Å². The van der Waals surface area contributed by atoms with E-state index in [1.165, 1.54) is 11.3 Å². The number of carbonyl (C=O) groups is 1. The van der Waals surface area contributed by atoms with Gasteiger partial charge >= 0.3 is 6.03 Å². The Hall–Kier alpha value is -1.95. The Morgan fingerprint density at radius 2 is 2.12 bits per heavy atom. The van der Waals surface area contributed by atoms with Gasteiger partial charge in [-0.05, 0) is 44.9 Å². The minimum absolute atomic E-state index is 0.0373. The zero-order valence-corrected chi connectivity index (χ0v) is 16.6. The highest BCUT2D eigenvalue weighted by molar-refractivity contribution is 7.99. The molecule has 2 aromatic rings. The summed E-state index contributed by atoms with van der Waals surface area (Å²) in [5.74, 6) is 0. The molecule has 2 N–H and O–H groups in total. The maximum Gasteiger partial charge on any atom is 0.315 e. The van der Waals surface area contributed by atoms with Crippen LogP contribution in [0.4, 0.5) is 4.79 Å². The summed E-state index contributed by atoms with van der Waals surface area (Å²) >= 11 is 1.75. The molecular formula is C20H28N4OS. The molecule has 1 aromatic heterocycles. The van der Waals surface area contributed by atoms with Crippen molar-refractivity contribution >= 4 is 17.8 Å². The third-order valence-corrected chi connectivity index (χ3v) is 6.22. The minimum atomic E-state index is -0.0965. The van der Waals surface area contributed by atoms with Crippen molar-refractivity contribution in [3.63, 3.8) is 0 Å². The van der Waals surface area contributed by atoms with Gasteiger partial charge in [0.05, 0.1) is 18.8 Å². The minimum Gasteiger partial charge on any atom is -0.337 e. The number of amides is 2. The Morgan fingerprint density at radius 3 is 2.85 bits per heavy atom. The maximum atomic E-state index is 12.3. The van der Waals surface area contributed by atoms with Gasteiger partial charge in [0.1, 0.15) is 0 Å². The molecule has 2 amide bonds. The molecule has 26 heavy (non-hydrogen) atoms. The summed E-state index contributed by atoms with van der Waals surface area (Å²) in [7, 11) is 0. The summed E-state index contributed by atoms with van der Waals surface area (Å²) in [5, 5.41) is 10.7. The molecule has 0 spiro atoms. The monoisotopic (exact) mass is 372 g/mol. The Bertz CT molecular complexity index is 742. The van der Waals surface area contributed by atoms with Gasteiger partial charge < -0.3 is 10.6 Å². The van der Waals surface area contributed by atoms with Crippen LogP contribution < -0.4 is 10.6 Å². The van der Waals surface area contributed by atoms with E-state index in [1.54, 1.807) is 11.8 Å². The number of nitrogens with one attached hydrogen (secondary N) is 2. The number of urea groups is 1. The molecule has 6 heteroatoms. The fourth-order valence-corrected chi connectivity index (χ4v) is 3.45.